The zero-order valence-electron chi connectivity index (χ0n) is 5.95. The second-order valence-electron chi connectivity index (χ2n) is 3.43. The maximum absolute atomic E-state index is 9.36. The van der Waals surface area contributed by atoms with Crippen molar-refractivity contribution >= 4 is 0 Å². The minimum Gasteiger partial charge on any atom is -0.393 e. The standard InChI is InChI=1S/C7H12O3/c1-7-5(9)2-4(8)3-6(7)10-7/h4-6,8-9H,2-3H2,1H3/t4-,5+,6-,7+/m1/s1. The fourth-order valence-corrected chi connectivity index (χ4v) is 1.68. The van der Waals surface area contributed by atoms with Gasteiger partial charge in [-0.3, -0.25) is 0 Å². The van der Waals surface area contributed by atoms with Crippen molar-refractivity contribution in [2.45, 2.75) is 43.7 Å². The maximum atomic E-state index is 9.36. The van der Waals surface area contributed by atoms with Crippen molar-refractivity contribution in [2.24, 2.45) is 0 Å². The number of epoxide rings is 1. The Morgan fingerprint density at radius 1 is 1.40 bits per heavy atom. The molecule has 0 unspecified atom stereocenters. The number of fused-ring (bicyclic) bond motifs is 1. The number of rotatable bonds is 0. The molecule has 0 spiro atoms. The van der Waals surface area contributed by atoms with Crippen LogP contribution in [0, 0.1) is 0 Å². The molecular formula is C7H12O3. The molecule has 2 fully saturated rings. The predicted molar refractivity (Wildman–Crippen MR) is 34.5 cm³/mol. The Hall–Kier alpha value is -0.120. The van der Waals surface area contributed by atoms with Gasteiger partial charge in [0.1, 0.15) is 5.60 Å². The minimum absolute atomic E-state index is 0.103. The fraction of sp³-hybridized carbons (Fsp3) is 1.00. The van der Waals surface area contributed by atoms with Crippen LogP contribution in [0.3, 0.4) is 0 Å². The van der Waals surface area contributed by atoms with Crippen LogP contribution in [0.2, 0.25) is 0 Å². The van der Waals surface area contributed by atoms with Crippen molar-refractivity contribution in [3.63, 3.8) is 0 Å². The smallest absolute Gasteiger partial charge is 0.118 e. The third-order valence-electron chi connectivity index (χ3n) is 2.62. The first-order chi connectivity index (χ1) is 4.63. The zero-order valence-corrected chi connectivity index (χ0v) is 5.95. The molecule has 0 bridgehead atoms. The second-order valence-corrected chi connectivity index (χ2v) is 3.43. The second kappa shape index (κ2) is 1.72. The molecule has 1 saturated carbocycles. The summed E-state index contributed by atoms with van der Waals surface area (Å²) >= 11 is 0. The summed E-state index contributed by atoms with van der Waals surface area (Å²) < 4.78 is 5.24. The van der Waals surface area contributed by atoms with E-state index in [4.69, 9.17) is 9.84 Å². The van der Waals surface area contributed by atoms with Crippen molar-refractivity contribution < 1.29 is 14.9 Å². The van der Waals surface area contributed by atoms with Crippen molar-refractivity contribution in [1.82, 2.24) is 0 Å². The normalized spacial score (nSPS) is 59.7. The summed E-state index contributed by atoms with van der Waals surface area (Å²) in [5.41, 5.74) is -0.320. The molecule has 1 heterocycles. The van der Waals surface area contributed by atoms with Gasteiger partial charge in [0.2, 0.25) is 0 Å². The molecular weight excluding hydrogens is 132 g/mol. The number of ether oxygens (including phenoxy) is 1. The lowest BCUT2D eigenvalue weighted by molar-refractivity contribution is 0.0235. The van der Waals surface area contributed by atoms with Crippen LogP contribution in [0.5, 0.6) is 0 Å². The molecule has 1 saturated heterocycles. The van der Waals surface area contributed by atoms with Crippen LogP contribution in [0.15, 0.2) is 0 Å². The van der Waals surface area contributed by atoms with E-state index in [1.807, 2.05) is 6.92 Å². The van der Waals surface area contributed by atoms with Gasteiger partial charge >= 0.3 is 0 Å². The largest absolute Gasteiger partial charge is 0.393 e. The Labute approximate surface area is 59.6 Å². The van der Waals surface area contributed by atoms with E-state index in [1.54, 1.807) is 0 Å². The fourth-order valence-electron chi connectivity index (χ4n) is 1.68. The van der Waals surface area contributed by atoms with Gasteiger partial charge in [-0.05, 0) is 6.92 Å². The van der Waals surface area contributed by atoms with E-state index >= 15 is 0 Å². The average Bonchev–Trinajstić information content (AvgIpc) is 2.42. The van der Waals surface area contributed by atoms with E-state index in [0.29, 0.717) is 12.8 Å². The molecule has 0 amide bonds. The van der Waals surface area contributed by atoms with Gasteiger partial charge in [-0.1, -0.05) is 0 Å². The van der Waals surface area contributed by atoms with Crippen LogP contribution in [-0.4, -0.2) is 34.1 Å². The topological polar surface area (TPSA) is 53.0 Å². The van der Waals surface area contributed by atoms with Gasteiger partial charge in [-0.15, -0.1) is 0 Å². The van der Waals surface area contributed by atoms with Crippen LogP contribution in [0.1, 0.15) is 19.8 Å². The summed E-state index contributed by atoms with van der Waals surface area (Å²) in [6.07, 6.45) is 0.420. The Morgan fingerprint density at radius 2 is 2.10 bits per heavy atom. The van der Waals surface area contributed by atoms with E-state index in [1.165, 1.54) is 0 Å². The lowest BCUT2D eigenvalue weighted by Gasteiger charge is -2.23. The van der Waals surface area contributed by atoms with Gasteiger partial charge < -0.3 is 14.9 Å². The highest BCUT2D eigenvalue weighted by atomic mass is 16.6. The molecule has 3 nitrogen and oxygen atoms in total. The molecule has 0 aromatic heterocycles. The first kappa shape index (κ1) is 6.58. The monoisotopic (exact) mass is 144 g/mol. The summed E-state index contributed by atoms with van der Waals surface area (Å²) in [6.45, 7) is 1.90. The van der Waals surface area contributed by atoms with E-state index in [-0.39, 0.29) is 17.8 Å². The molecule has 10 heavy (non-hydrogen) atoms. The van der Waals surface area contributed by atoms with Crippen molar-refractivity contribution in [3.05, 3.63) is 0 Å². The number of aliphatic hydroxyl groups excluding tert-OH is 2. The highest BCUT2D eigenvalue weighted by molar-refractivity contribution is 5.09. The Balaban J connectivity index is 2.09. The Morgan fingerprint density at radius 3 is 2.70 bits per heavy atom. The van der Waals surface area contributed by atoms with Gasteiger partial charge in [0, 0.05) is 12.8 Å². The SMILES string of the molecule is C[C@@]12O[C@@H]1C[C@H](O)C[C@@H]2O. The van der Waals surface area contributed by atoms with E-state index in [0.717, 1.165) is 0 Å². The molecule has 0 aromatic rings. The van der Waals surface area contributed by atoms with Gasteiger partial charge in [0.05, 0.1) is 18.3 Å². The highest BCUT2D eigenvalue weighted by Gasteiger charge is 2.60. The van der Waals surface area contributed by atoms with Crippen molar-refractivity contribution in [3.8, 4) is 0 Å². The lowest BCUT2D eigenvalue weighted by Crippen LogP contribution is -2.38. The summed E-state index contributed by atoms with van der Waals surface area (Å²) in [6, 6.07) is 0. The molecule has 4 atom stereocenters. The molecule has 3 heteroatoms. The van der Waals surface area contributed by atoms with Crippen molar-refractivity contribution in [1.29, 1.82) is 0 Å². The molecule has 2 rings (SSSR count). The van der Waals surface area contributed by atoms with E-state index in [2.05, 4.69) is 0 Å². The lowest BCUT2D eigenvalue weighted by atomic mass is 9.86. The van der Waals surface area contributed by atoms with Gasteiger partial charge in [-0.25, -0.2) is 0 Å². The predicted octanol–water partition coefficient (Wildman–Crippen LogP) is -0.340. The molecule has 2 N–H and O–H groups in total. The minimum atomic E-state index is -0.471. The van der Waals surface area contributed by atoms with Crippen LogP contribution in [-0.2, 0) is 4.74 Å². The Kier molecular flexibility index (Phi) is 1.14. The van der Waals surface area contributed by atoms with Crippen LogP contribution < -0.4 is 0 Å². The third kappa shape index (κ3) is 0.713. The van der Waals surface area contributed by atoms with Crippen molar-refractivity contribution in [2.75, 3.05) is 0 Å². The molecule has 2 aliphatic rings. The molecule has 58 valence electrons. The molecule has 1 aliphatic heterocycles. The summed E-state index contributed by atoms with van der Waals surface area (Å²) in [4.78, 5) is 0. The first-order valence-electron chi connectivity index (χ1n) is 3.67. The molecule has 1 aliphatic carbocycles. The third-order valence-corrected chi connectivity index (χ3v) is 2.62. The van der Waals surface area contributed by atoms with E-state index in [9.17, 15) is 5.11 Å². The van der Waals surface area contributed by atoms with E-state index < -0.39 is 6.10 Å². The molecule has 0 aromatic carbocycles. The average molecular weight is 144 g/mol. The maximum Gasteiger partial charge on any atom is 0.118 e. The van der Waals surface area contributed by atoms with Gasteiger partial charge in [-0.2, -0.15) is 0 Å². The van der Waals surface area contributed by atoms with Crippen LogP contribution >= 0.6 is 0 Å². The number of hydrogen-bond acceptors (Lipinski definition) is 3. The van der Waals surface area contributed by atoms with Gasteiger partial charge in [0.15, 0.2) is 0 Å². The summed E-state index contributed by atoms with van der Waals surface area (Å²) in [5, 5.41) is 18.5. The number of hydrogen-bond donors (Lipinski definition) is 2. The quantitative estimate of drug-likeness (QED) is 0.457. The molecule has 0 radical (unpaired) electrons. The summed E-state index contributed by atoms with van der Waals surface area (Å²) in [7, 11) is 0. The van der Waals surface area contributed by atoms with Crippen LogP contribution in [0.25, 0.3) is 0 Å². The Bertz CT molecular complexity index is 159. The number of aliphatic hydroxyl groups is 2. The van der Waals surface area contributed by atoms with Gasteiger partial charge in [0.25, 0.3) is 0 Å². The van der Waals surface area contributed by atoms with Crippen LogP contribution in [0.4, 0.5) is 0 Å². The first-order valence-corrected chi connectivity index (χ1v) is 3.67. The highest BCUT2D eigenvalue weighted by Crippen LogP contribution is 2.47. The summed E-state index contributed by atoms with van der Waals surface area (Å²) in [5.74, 6) is 0. The zero-order chi connectivity index (χ0) is 7.35.